The molecule has 1 aliphatic heterocycles. The number of carboxylic acids is 1. The molecule has 138 valence electrons. The van der Waals surface area contributed by atoms with Crippen molar-refractivity contribution < 1.29 is 14.7 Å². The zero-order valence-electron chi connectivity index (χ0n) is 14.6. The molecular formula is C20H19N3O3S. The first-order valence-electron chi connectivity index (χ1n) is 8.83. The van der Waals surface area contributed by atoms with Gasteiger partial charge in [-0.2, -0.15) is 5.10 Å². The second-order valence-corrected chi connectivity index (χ2v) is 7.48. The predicted molar refractivity (Wildman–Crippen MR) is 103 cm³/mol. The highest BCUT2D eigenvalue weighted by molar-refractivity contribution is 7.12. The fraction of sp³-hybridized carbons (Fsp3) is 0.250. The SMILES string of the molecule is O=C(O)c1cnn(C2CCN(C(=O)c3sccc3-c3ccccc3)CC2)c1. The van der Waals surface area contributed by atoms with Gasteiger partial charge in [-0.1, -0.05) is 30.3 Å². The number of amides is 1. The summed E-state index contributed by atoms with van der Waals surface area (Å²) in [5.41, 5.74) is 2.22. The third kappa shape index (κ3) is 3.50. The highest BCUT2D eigenvalue weighted by atomic mass is 32.1. The Hall–Kier alpha value is -2.93. The largest absolute Gasteiger partial charge is 0.478 e. The van der Waals surface area contributed by atoms with Crippen molar-refractivity contribution in [2.75, 3.05) is 13.1 Å². The van der Waals surface area contributed by atoms with E-state index in [0.717, 1.165) is 28.8 Å². The summed E-state index contributed by atoms with van der Waals surface area (Å²) in [5.74, 6) is -0.908. The van der Waals surface area contributed by atoms with Gasteiger partial charge in [0.2, 0.25) is 0 Å². The van der Waals surface area contributed by atoms with Crippen LogP contribution in [0.3, 0.4) is 0 Å². The van der Waals surface area contributed by atoms with E-state index >= 15 is 0 Å². The number of aromatic carboxylic acids is 1. The summed E-state index contributed by atoms with van der Waals surface area (Å²) in [4.78, 5) is 26.7. The van der Waals surface area contributed by atoms with E-state index in [4.69, 9.17) is 5.11 Å². The molecule has 4 rings (SSSR count). The first-order valence-corrected chi connectivity index (χ1v) is 9.71. The molecule has 1 saturated heterocycles. The van der Waals surface area contributed by atoms with Gasteiger partial charge < -0.3 is 10.0 Å². The summed E-state index contributed by atoms with van der Waals surface area (Å²) in [5, 5.41) is 15.2. The topological polar surface area (TPSA) is 75.4 Å². The van der Waals surface area contributed by atoms with Crippen molar-refractivity contribution >= 4 is 23.2 Å². The molecule has 1 aliphatic rings. The summed E-state index contributed by atoms with van der Waals surface area (Å²) < 4.78 is 1.71. The quantitative estimate of drug-likeness (QED) is 0.746. The lowest BCUT2D eigenvalue weighted by molar-refractivity contribution is 0.0692. The van der Waals surface area contributed by atoms with E-state index in [1.54, 1.807) is 10.9 Å². The van der Waals surface area contributed by atoms with Gasteiger partial charge in [-0.15, -0.1) is 11.3 Å². The average molecular weight is 381 g/mol. The molecule has 2 aromatic heterocycles. The molecular weight excluding hydrogens is 362 g/mol. The fourth-order valence-corrected chi connectivity index (χ4v) is 4.33. The van der Waals surface area contributed by atoms with E-state index in [1.807, 2.05) is 46.7 Å². The Bertz CT molecular complexity index is 956. The molecule has 0 unspecified atom stereocenters. The van der Waals surface area contributed by atoms with E-state index in [-0.39, 0.29) is 17.5 Å². The minimum atomic E-state index is -0.972. The van der Waals surface area contributed by atoms with Crippen molar-refractivity contribution in [2.45, 2.75) is 18.9 Å². The second-order valence-electron chi connectivity index (χ2n) is 6.57. The zero-order chi connectivity index (χ0) is 18.8. The van der Waals surface area contributed by atoms with Gasteiger partial charge in [0.1, 0.15) is 0 Å². The Balaban J connectivity index is 1.45. The molecule has 0 aliphatic carbocycles. The normalized spacial score (nSPS) is 15.0. The summed E-state index contributed by atoms with van der Waals surface area (Å²) in [6, 6.07) is 12.1. The molecule has 0 radical (unpaired) electrons. The van der Waals surface area contributed by atoms with Gasteiger partial charge in [0.25, 0.3) is 5.91 Å². The maximum absolute atomic E-state index is 13.0. The number of likely N-dealkylation sites (tertiary alicyclic amines) is 1. The van der Waals surface area contributed by atoms with Crippen LogP contribution in [0.2, 0.25) is 0 Å². The lowest BCUT2D eigenvalue weighted by atomic mass is 10.0. The summed E-state index contributed by atoms with van der Waals surface area (Å²) in [6.45, 7) is 1.27. The zero-order valence-corrected chi connectivity index (χ0v) is 15.4. The van der Waals surface area contributed by atoms with E-state index in [2.05, 4.69) is 5.10 Å². The number of thiophene rings is 1. The molecule has 1 N–H and O–H groups in total. The van der Waals surface area contributed by atoms with Crippen molar-refractivity contribution in [3.05, 3.63) is 64.6 Å². The number of piperidine rings is 1. The molecule has 0 atom stereocenters. The highest BCUT2D eigenvalue weighted by Crippen LogP contribution is 2.31. The minimum Gasteiger partial charge on any atom is -0.478 e. The Morgan fingerprint density at radius 3 is 2.52 bits per heavy atom. The van der Waals surface area contributed by atoms with Crippen LogP contribution in [0, 0.1) is 0 Å². The van der Waals surface area contributed by atoms with Crippen LogP contribution < -0.4 is 0 Å². The van der Waals surface area contributed by atoms with Crippen molar-refractivity contribution in [2.24, 2.45) is 0 Å². The number of aromatic nitrogens is 2. The number of rotatable bonds is 4. The fourth-order valence-electron chi connectivity index (χ4n) is 3.45. The molecule has 27 heavy (non-hydrogen) atoms. The molecule has 3 aromatic rings. The van der Waals surface area contributed by atoms with Crippen molar-refractivity contribution in [1.29, 1.82) is 0 Å². The van der Waals surface area contributed by atoms with Crippen LogP contribution in [0.4, 0.5) is 0 Å². The van der Waals surface area contributed by atoms with Gasteiger partial charge in [-0.3, -0.25) is 9.48 Å². The third-order valence-electron chi connectivity index (χ3n) is 4.92. The number of hydrogen-bond donors (Lipinski definition) is 1. The Kier molecular flexibility index (Phi) is 4.77. The smallest absolute Gasteiger partial charge is 0.338 e. The predicted octanol–water partition coefficient (Wildman–Crippen LogP) is 3.79. The van der Waals surface area contributed by atoms with Gasteiger partial charge in [0, 0.05) is 24.8 Å². The van der Waals surface area contributed by atoms with Gasteiger partial charge in [-0.05, 0) is 29.9 Å². The van der Waals surface area contributed by atoms with E-state index in [0.29, 0.717) is 13.1 Å². The van der Waals surface area contributed by atoms with E-state index in [9.17, 15) is 9.59 Å². The van der Waals surface area contributed by atoms with Crippen molar-refractivity contribution in [3.63, 3.8) is 0 Å². The molecule has 0 bridgehead atoms. The van der Waals surface area contributed by atoms with Crippen LogP contribution in [0.25, 0.3) is 11.1 Å². The van der Waals surface area contributed by atoms with E-state index < -0.39 is 5.97 Å². The number of carbonyl (C=O) groups excluding carboxylic acids is 1. The summed E-state index contributed by atoms with van der Waals surface area (Å²) >= 11 is 1.48. The molecule has 6 nitrogen and oxygen atoms in total. The minimum absolute atomic E-state index is 0.0639. The lowest BCUT2D eigenvalue weighted by Crippen LogP contribution is -2.39. The molecule has 0 spiro atoms. The molecule has 1 aromatic carbocycles. The van der Waals surface area contributed by atoms with E-state index in [1.165, 1.54) is 17.5 Å². The maximum atomic E-state index is 13.0. The average Bonchev–Trinajstić information content (AvgIpc) is 3.38. The van der Waals surface area contributed by atoms with Gasteiger partial charge in [0.05, 0.1) is 22.7 Å². The van der Waals surface area contributed by atoms with Crippen molar-refractivity contribution in [3.8, 4) is 11.1 Å². The Morgan fingerprint density at radius 2 is 1.85 bits per heavy atom. The monoisotopic (exact) mass is 381 g/mol. The van der Waals surface area contributed by atoms with Gasteiger partial charge in [-0.25, -0.2) is 4.79 Å². The lowest BCUT2D eigenvalue weighted by Gasteiger charge is -2.32. The summed E-state index contributed by atoms with van der Waals surface area (Å²) in [6.07, 6.45) is 4.46. The highest BCUT2D eigenvalue weighted by Gasteiger charge is 2.27. The van der Waals surface area contributed by atoms with Crippen LogP contribution >= 0.6 is 11.3 Å². The Labute approximate surface area is 160 Å². The van der Waals surface area contributed by atoms with Crippen LogP contribution in [0.5, 0.6) is 0 Å². The number of nitrogens with zero attached hydrogens (tertiary/aromatic N) is 3. The van der Waals surface area contributed by atoms with Crippen LogP contribution in [0.15, 0.2) is 54.2 Å². The van der Waals surface area contributed by atoms with Gasteiger partial charge >= 0.3 is 5.97 Å². The molecule has 7 heteroatoms. The number of carboxylic acid groups (broad SMARTS) is 1. The summed E-state index contributed by atoms with van der Waals surface area (Å²) in [7, 11) is 0. The van der Waals surface area contributed by atoms with Gasteiger partial charge in [0.15, 0.2) is 0 Å². The standard InChI is InChI=1S/C20H19N3O3S/c24-19(18-17(8-11-27-18)14-4-2-1-3-5-14)22-9-6-16(7-10-22)23-13-15(12-21-23)20(25)26/h1-5,8,11-13,16H,6-7,9-10H2,(H,25,26). The van der Waals surface area contributed by atoms with Crippen molar-refractivity contribution in [1.82, 2.24) is 14.7 Å². The molecule has 3 heterocycles. The van der Waals surface area contributed by atoms with Crippen LogP contribution in [-0.4, -0.2) is 44.8 Å². The Morgan fingerprint density at radius 1 is 1.11 bits per heavy atom. The second kappa shape index (κ2) is 7.36. The number of benzene rings is 1. The molecule has 1 fully saturated rings. The van der Waals surface area contributed by atoms with Crippen LogP contribution in [0.1, 0.15) is 38.9 Å². The first kappa shape index (κ1) is 17.5. The first-order chi connectivity index (χ1) is 13.1. The third-order valence-corrected chi connectivity index (χ3v) is 5.82. The number of hydrogen-bond acceptors (Lipinski definition) is 4. The molecule has 1 amide bonds. The molecule has 0 saturated carbocycles. The maximum Gasteiger partial charge on any atom is 0.338 e. The number of carbonyl (C=O) groups is 2. The van der Waals surface area contributed by atoms with Crippen LogP contribution in [-0.2, 0) is 0 Å².